The number of aliphatic hydroxyl groups excluding tert-OH is 2. The van der Waals surface area contributed by atoms with E-state index in [1.165, 1.54) is 0 Å². The van der Waals surface area contributed by atoms with Crippen molar-refractivity contribution in [2.24, 2.45) is 17.8 Å². The molecule has 0 radical (unpaired) electrons. The van der Waals surface area contributed by atoms with Gasteiger partial charge < -0.3 is 29.9 Å². The van der Waals surface area contributed by atoms with Crippen LogP contribution in [0.1, 0.15) is 19.8 Å². The highest BCUT2D eigenvalue weighted by Gasteiger charge is 2.64. The van der Waals surface area contributed by atoms with Crippen molar-refractivity contribution in [1.29, 1.82) is 0 Å². The molecule has 2 saturated carbocycles. The highest BCUT2D eigenvalue weighted by molar-refractivity contribution is 6.18. The van der Waals surface area contributed by atoms with Crippen molar-refractivity contribution in [3.05, 3.63) is 24.3 Å². The van der Waals surface area contributed by atoms with Crippen molar-refractivity contribution in [1.82, 2.24) is 0 Å². The third-order valence-electron chi connectivity index (χ3n) is 6.29. The van der Waals surface area contributed by atoms with E-state index in [0.29, 0.717) is 5.57 Å². The van der Waals surface area contributed by atoms with Crippen molar-refractivity contribution in [3.8, 4) is 0 Å². The van der Waals surface area contributed by atoms with E-state index < -0.39 is 65.8 Å². The molecule has 0 amide bonds. The second-order valence-corrected chi connectivity index (χ2v) is 8.43. The summed E-state index contributed by atoms with van der Waals surface area (Å²) in [7, 11) is 0. The van der Waals surface area contributed by atoms with Gasteiger partial charge in [-0.3, -0.25) is 0 Å². The monoisotopic (exact) mass is 416 g/mol. The van der Waals surface area contributed by atoms with E-state index >= 15 is 0 Å². The van der Waals surface area contributed by atoms with Gasteiger partial charge in [-0.2, -0.15) is 0 Å². The lowest BCUT2D eigenvalue weighted by molar-refractivity contribution is -0.177. The van der Waals surface area contributed by atoms with Gasteiger partial charge in [0, 0.05) is 17.9 Å². The second kappa shape index (κ2) is 7.11. The maximum atomic E-state index is 12.3. The zero-order valence-electron chi connectivity index (χ0n) is 15.5. The van der Waals surface area contributed by atoms with E-state index in [4.69, 9.17) is 21.1 Å². The van der Waals surface area contributed by atoms with Gasteiger partial charge in [0.2, 0.25) is 0 Å². The number of fused-ring (bicyclic) bond motifs is 3. The molecule has 1 saturated heterocycles. The molecule has 156 valence electrons. The lowest BCUT2D eigenvalue weighted by Gasteiger charge is -2.37. The molecular formula is C19H25ClO8. The number of ether oxygens (including phenoxy) is 2. The van der Waals surface area contributed by atoms with Crippen molar-refractivity contribution in [2.75, 3.05) is 12.5 Å². The quantitative estimate of drug-likeness (QED) is 0.212. The summed E-state index contributed by atoms with van der Waals surface area (Å²) in [5, 5.41) is 40.6. The van der Waals surface area contributed by atoms with Crippen LogP contribution in [-0.2, 0) is 19.1 Å². The molecule has 1 aliphatic heterocycles. The van der Waals surface area contributed by atoms with Crippen molar-refractivity contribution < 1.29 is 39.5 Å². The maximum Gasteiger partial charge on any atom is 0.340 e. The van der Waals surface area contributed by atoms with Gasteiger partial charge in [0.05, 0.1) is 24.5 Å². The molecule has 9 heteroatoms. The highest BCUT2D eigenvalue weighted by Crippen LogP contribution is 2.55. The third-order valence-corrected chi connectivity index (χ3v) is 6.72. The minimum atomic E-state index is -2.11. The van der Waals surface area contributed by atoms with Gasteiger partial charge in [-0.15, -0.1) is 11.6 Å². The largest absolute Gasteiger partial charge is 0.459 e. The molecule has 3 fully saturated rings. The lowest BCUT2D eigenvalue weighted by Crippen LogP contribution is -2.52. The first-order valence-electron chi connectivity index (χ1n) is 9.06. The summed E-state index contributed by atoms with van der Waals surface area (Å²) in [5.41, 5.74) is -3.15. The molecule has 3 rings (SSSR count). The number of hydrogen-bond acceptors (Lipinski definition) is 8. The predicted octanol–water partition coefficient (Wildman–Crippen LogP) is -0.334. The molecule has 3 aliphatic rings. The van der Waals surface area contributed by atoms with Crippen LogP contribution in [0.5, 0.6) is 0 Å². The molecule has 8 unspecified atom stereocenters. The summed E-state index contributed by atoms with van der Waals surface area (Å²) in [6.45, 7) is 8.04. The van der Waals surface area contributed by atoms with Crippen LogP contribution in [0.4, 0.5) is 0 Å². The summed E-state index contributed by atoms with van der Waals surface area (Å²) in [6.07, 6.45) is -2.70. The molecule has 28 heavy (non-hydrogen) atoms. The second-order valence-electron chi connectivity index (χ2n) is 8.17. The Morgan fingerprint density at radius 1 is 1.46 bits per heavy atom. The summed E-state index contributed by atoms with van der Waals surface area (Å²) >= 11 is 5.98. The van der Waals surface area contributed by atoms with Crippen LogP contribution in [0.15, 0.2) is 24.3 Å². The molecule has 2 aliphatic carbocycles. The molecule has 0 aromatic carbocycles. The van der Waals surface area contributed by atoms with E-state index in [9.17, 15) is 30.0 Å². The molecule has 0 spiro atoms. The number of rotatable bonds is 4. The number of hydrogen-bond donors (Lipinski definition) is 4. The molecular weight excluding hydrogens is 392 g/mol. The molecule has 0 aromatic rings. The fourth-order valence-corrected chi connectivity index (χ4v) is 4.95. The Bertz CT molecular complexity index is 719. The van der Waals surface area contributed by atoms with E-state index in [2.05, 4.69) is 13.2 Å². The molecule has 8 nitrogen and oxygen atoms in total. The highest BCUT2D eigenvalue weighted by atomic mass is 35.5. The molecule has 8 atom stereocenters. The standard InChI is InChI=1S/C19H25ClO8/c1-8-4-11(27-17(24)18(3,25)7-21)13-9(2)16(23)28-15(13)14-10(8)5-12(22)19(14,26)6-20/h10-15,21-22,25-26H,1-2,4-7H2,3H3. The first-order valence-corrected chi connectivity index (χ1v) is 9.59. The minimum absolute atomic E-state index is 0.0678. The van der Waals surface area contributed by atoms with Crippen LogP contribution < -0.4 is 0 Å². The van der Waals surface area contributed by atoms with Crippen LogP contribution in [0.2, 0.25) is 0 Å². The van der Waals surface area contributed by atoms with Gasteiger partial charge in [0.1, 0.15) is 17.8 Å². The number of carbonyl (C=O) groups excluding carboxylic acids is 2. The predicted molar refractivity (Wildman–Crippen MR) is 97.1 cm³/mol. The number of alkyl halides is 1. The minimum Gasteiger partial charge on any atom is -0.459 e. The van der Waals surface area contributed by atoms with E-state index in [-0.39, 0.29) is 24.3 Å². The molecule has 4 N–H and O–H groups in total. The Hall–Kier alpha value is -1.45. The van der Waals surface area contributed by atoms with Gasteiger partial charge in [-0.25, -0.2) is 9.59 Å². The summed E-state index contributed by atoms with van der Waals surface area (Å²) in [5.74, 6) is -3.99. The van der Waals surface area contributed by atoms with E-state index in [0.717, 1.165) is 6.92 Å². The van der Waals surface area contributed by atoms with Gasteiger partial charge in [-0.1, -0.05) is 18.7 Å². The van der Waals surface area contributed by atoms with E-state index in [1.807, 2.05) is 0 Å². The van der Waals surface area contributed by atoms with Crippen LogP contribution in [-0.4, -0.2) is 74.4 Å². The molecule has 0 bridgehead atoms. The van der Waals surface area contributed by atoms with Crippen molar-refractivity contribution in [3.63, 3.8) is 0 Å². The lowest BCUT2D eigenvalue weighted by atomic mass is 9.76. The fraction of sp³-hybridized carbons (Fsp3) is 0.684. The molecule has 0 aromatic heterocycles. The topological polar surface area (TPSA) is 134 Å². The fourth-order valence-electron chi connectivity index (χ4n) is 4.59. The van der Waals surface area contributed by atoms with E-state index in [1.54, 1.807) is 0 Å². The first kappa shape index (κ1) is 21.3. The Balaban J connectivity index is 2.01. The van der Waals surface area contributed by atoms with Crippen molar-refractivity contribution >= 4 is 23.5 Å². The maximum absolute atomic E-state index is 12.3. The smallest absolute Gasteiger partial charge is 0.340 e. The number of carbonyl (C=O) groups is 2. The zero-order chi connectivity index (χ0) is 21.0. The van der Waals surface area contributed by atoms with Crippen LogP contribution in [0.25, 0.3) is 0 Å². The Kier molecular flexibility index (Phi) is 5.40. The van der Waals surface area contributed by atoms with Gasteiger partial charge in [0.15, 0.2) is 5.60 Å². The average molecular weight is 417 g/mol. The Morgan fingerprint density at radius 3 is 2.68 bits per heavy atom. The summed E-state index contributed by atoms with van der Waals surface area (Å²) in [6, 6.07) is 0. The number of esters is 2. The van der Waals surface area contributed by atoms with Crippen molar-refractivity contribution in [2.45, 2.75) is 49.3 Å². The van der Waals surface area contributed by atoms with Crippen LogP contribution in [0, 0.1) is 17.8 Å². The first-order chi connectivity index (χ1) is 13.0. The Morgan fingerprint density at radius 2 is 2.11 bits per heavy atom. The molecule has 1 heterocycles. The number of aliphatic hydroxyl groups is 4. The SMILES string of the molecule is C=C1CC(OC(=O)C(C)(O)CO)C2C(=C)C(=O)OC2C2C1CC(O)C2(O)CCl. The van der Waals surface area contributed by atoms with Crippen LogP contribution >= 0.6 is 11.6 Å². The zero-order valence-corrected chi connectivity index (χ0v) is 16.3. The normalized spacial score (nSPS) is 42.3. The summed E-state index contributed by atoms with van der Waals surface area (Å²) in [4.78, 5) is 24.6. The van der Waals surface area contributed by atoms with Gasteiger partial charge in [0.25, 0.3) is 0 Å². The Labute approximate surface area is 167 Å². The van der Waals surface area contributed by atoms with Gasteiger partial charge in [-0.05, 0) is 19.3 Å². The third kappa shape index (κ3) is 3.07. The van der Waals surface area contributed by atoms with Gasteiger partial charge >= 0.3 is 11.9 Å². The van der Waals surface area contributed by atoms with Crippen LogP contribution in [0.3, 0.4) is 0 Å². The summed E-state index contributed by atoms with van der Waals surface area (Å²) < 4.78 is 10.9. The average Bonchev–Trinajstić information content (AvgIpc) is 3.04. The number of halogens is 1.